The molecule has 2 aromatic heterocycles. The maximum absolute atomic E-state index is 6.67. The molecule has 268 valence electrons. The Morgan fingerprint density at radius 1 is 0.386 bits per heavy atom. The van der Waals surface area contributed by atoms with Gasteiger partial charge in [-0.05, 0) is 93.7 Å². The van der Waals surface area contributed by atoms with Crippen molar-refractivity contribution in [2.24, 2.45) is 0 Å². The Hall–Kier alpha value is -7.69. The standard InChI is InChI=1S/C53H34N2O2/c1-2-14-36(15-3-1)43-19-6-8-24-48(43)55(42-18-10-17-39(34-42)40-28-27-35-13-4-5-16-38(35)33-40)41-31-29-37(30-32-41)44-21-11-23-47-52(44)57-53(54-47)46-22-12-26-50-51(46)45-20-7-9-25-49(45)56-50/h1-34H. The number of hydrogen-bond donors (Lipinski definition) is 0. The summed E-state index contributed by atoms with van der Waals surface area (Å²) < 4.78 is 12.8. The summed E-state index contributed by atoms with van der Waals surface area (Å²) in [5.74, 6) is 0.571. The van der Waals surface area contributed by atoms with E-state index in [1.165, 1.54) is 16.3 Å². The van der Waals surface area contributed by atoms with Crippen LogP contribution in [0.3, 0.4) is 0 Å². The molecule has 0 unspecified atom stereocenters. The summed E-state index contributed by atoms with van der Waals surface area (Å²) in [5, 5.41) is 4.51. The highest BCUT2D eigenvalue weighted by molar-refractivity contribution is 6.12. The lowest BCUT2D eigenvalue weighted by atomic mass is 9.99. The fraction of sp³-hybridized carbons (Fsp3) is 0. The van der Waals surface area contributed by atoms with Gasteiger partial charge >= 0.3 is 0 Å². The molecule has 57 heavy (non-hydrogen) atoms. The maximum Gasteiger partial charge on any atom is 0.228 e. The minimum absolute atomic E-state index is 0.571. The number of anilines is 3. The second kappa shape index (κ2) is 13.6. The monoisotopic (exact) mass is 730 g/mol. The van der Waals surface area contributed by atoms with Gasteiger partial charge in [0, 0.05) is 38.8 Å². The summed E-state index contributed by atoms with van der Waals surface area (Å²) in [5.41, 5.74) is 14.0. The van der Waals surface area contributed by atoms with E-state index in [0.29, 0.717) is 5.89 Å². The first-order valence-corrected chi connectivity index (χ1v) is 19.2. The Labute approximate surface area is 329 Å². The molecule has 0 amide bonds. The van der Waals surface area contributed by atoms with Crippen molar-refractivity contribution in [2.45, 2.75) is 0 Å². The summed E-state index contributed by atoms with van der Waals surface area (Å²) in [6.45, 7) is 0. The summed E-state index contributed by atoms with van der Waals surface area (Å²) >= 11 is 0. The SMILES string of the molecule is c1ccc(-c2ccccc2N(c2ccc(-c3cccc4nc(-c5cccc6oc7ccccc7c56)oc34)cc2)c2cccc(-c3ccc4ccccc4c3)c2)cc1. The van der Waals surface area contributed by atoms with Crippen LogP contribution in [0.1, 0.15) is 0 Å². The van der Waals surface area contributed by atoms with E-state index in [9.17, 15) is 0 Å². The van der Waals surface area contributed by atoms with Crippen LogP contribution >= 0.6 is 0 Å². The molecule has 2 heterocycles. The predicted octanol–water partition coefficient (Wildman–Crippen LogP) is 15.0. The fourth-order valence-corrected chi connectivity index (χ4v) is 8.19. The number of nitrogens with zero attached hydrogens (tertiary/aromatic N) is 2. The van der Waals surface area contributed by atoms with Crippen LogP contribution in [0.5, 0.6) is 0 Å². The number of hydrogen-bond acceptors (Lipinski definition) is 4. The highest BCUT2D eigenvalue weighted by atomic mass is 16.4. The maximum atomic E-state index is 6.67. The van der Waals surface area contributed by atoms with Gasteiger partial charge in [0.25, 0.3) is 0 Å². The molecule has 0 aliphatic carbocycles. The van der Waals surface area contributed by atoms with E-state index < -0.39 is 0 Å². The zero-order valence-corrected chi connectivity index (χ0v) is 30.8. The largest absolute Gasteiger partial charge is 0.456 e. The van der Waals surface area contributed by atoms with Gasteiger partial charge < -0.3 is 13.7 Å². The van der Waals surface area contributed by atoms with Gasteiger partial charge in [0.05, 0.1) is 5.69 Å². The second-order valence-electron chi connectivity index (χ2n) is 14.3. The van der Waals surface area contributed by atoms with Gasteiger partial charge in [0.15, 0.2) is 5.58 Å². The minimum Gasteiger partial charge on any atom is -0.456 e. The summed E-state index contributed by atoms with van der Waals surface area (Å²) in [6.07, 6.45) is 0. The number of rotatable bonds is 7. The first kappa shape index (κ1) is 32.7. The molecule has 4 heteroatoms. The molecule has 0 saturated carbocycles. The number of para-hydroxylation sites is 3. The van der Waals surface area contributed by atoms with Gasteiger partial charge in [-0.1, -0.05) is 146 Å². The van der Waals surface area contributed by atoms with Gasteiger partial charge in [-0.2, -0.15) is 0 Å². The smallest absolute Gasteiger partial charge is 0.228 e. The van der Waals surface area contributed by atoms with Crippen LogP contribution in [0.25, 0.3) is 88.6 Å². The highest BCUT2D eigenvalue weighted by Gasteiger charge is 2.20. The van der Waals surface area contributed by atoms with Crippen molar-refractivity contribution in [3.05, 3.63) is 206 Å². The van der Waals surface area contributed by atoms with Gasteiger partial charge in [-0.25, -0.2) is 4.98 Å². The molecule has 0 N–H and O–H groups in total. The summed E-state index contributed by atoms with van der Waals surface area (Å²) in [6, 6.07) is 72.4. The molecule has 0 fully saturated rings. The quantitative estimate of drug-likeness (QED) is 0.164. The molecule has 11 aromatic rings. The molecule has 9 aromatic carbocycles. The van der Waals surface area contributed by atoms with E-state index in [4.69, 9.17) is 13.8 Å². The number of fused-ring (bicyclic) bond motifs is 5. The van der Waals surface area contributed by atoms with Crippen LogP contribution in [0.4, 0.5) is 17.1 Å². The summed E-state index contributed by atoms with van der Waals surface area (Å²) in [7, 11) is 0. The molecular weight excluding hydrogens is 697 g/mol. The molecule has 11 rings (SSSR count). The number of oxazole rings is 1. The lowest BCUT2D eigenvalue weighted by Gasteiger charge is -2.28. The van der Waals surface area contributed by atoms with Gasteiger partial charge in [0.1, 0.15) is 16.7 Å². The summed E-state index contributed by atoms with van der Waals surface area (Å²) in [4.78, 5) is 7.36. The molecule has 0 bridgehead atoms. The lowest BCUT2D eigenvalue weighted by molar-refractivity contribution is 0.621. The van der Waals surface area contributed by atoms with Gasteiger partial charge in [-0.15, -0.1) is 0 Å². The van der Waals surface area contributed by atoms with Crippen molar-refractivity contribution in [3.8, 4) is 44.8 Å². The number of aromatic nitrogens is 1. The molecule has 0 atom stereocenters. The lowest BCUT2D eigenvalue weighted by Crippen LogP contribution is -2.11. The Kier molecular flexibility index (Phi) is 7.78. The number of furan rings is 1. The Balaban J connectivity index is 1.02. The fourth-order valence-electron chi connectivity index (χ4n) is 8.19. The van der Waals surface area contributed by atoms with Crippen molar-refractivity contribution in [2.75, 3.05) is 4.90 Å². The zero-order chi connectivity index (χ0) is 37.7. The van der Waals surface area contributed by atoms with Crippen LogP contribution in [0.15, 0.2) is 215 Å². The zero-order valence-electron chi connectivity index (χ0n) is 30.8. The van der Waals surface area contributed by atoms with Crippen LogP contribution in [0.2, 0.25) is 0 Å². The predicted molar refractivity (Wildman–Crippen MR) is 235 cm³/mol. The number of benzene rings is 9. The van der Waals surface area contributed by atoms with E-state index in [1.54, 1.807) is 0 Å². The Morgan fingerprint density at radius 2 is 1.04 bits per heavy atom. The normalized spacial score (nSPS) is 11.5. The van der Waals surface area contributed by atoms with Crippen LogP contribution in [-0.2, 0) is 0 Å². The third kappa shape index (κ3) is 5.74. The topological polar surface area (TPSA) is 42.4 Å². The van der Waals surface area contributed by atoms with E-state index in [1.807, 2.05) is 42.5 Å². The molecule has 0 radical (unpaired) electrons. The molecule has 4 nitrogen and oxygen atoms in total. The van der Waals surface area contributed by atoms with Crippen molar-refractivity contribution in [3.63, 3.8) is 0 Å². The van der Waals surface area contributed by atoms with Crippen LogP contribution in [-0.4, -0.2) is 4.98 Å². The van der Waals surface area contributed by atoms with Crippen molar-refractivity contribution >= 4 is 60.9 Å². The van der Waals surface area contributed by atoms with E-state index >= 15 is 0 Å². The molecule has 0 aliphatic rings. The Bertz CT molecular complexity index is 3250. The molecule has 0 saturated heterocycles. The first-order valence-electron chi connectivity index (χ1n) is 19.2. The highest BCUT2D eigenvalue weighted by Crippen LogP contribution is 2.44. The van der Waals surface area contributed by atoms with E-state index in [2.05, 4.69) is 169 Å². The Morgan fingerprint density at radius 3 is 1.95 bits per heavy atom. The molecule has 0 spiro atoms. The van der Waals surface area contributed by atoms with E-state index in [-0.39, 0.29) is 0 Å². The van der Waals surface area contributed by atoms with Crippen LogP contribution in [0, 0.1) is 0 Å². The van der Waals surface area contributed by atoms with E-state index in [0.717, 1.165) is 83.5 Å². The first-order chi connectivity index (χ1) is 28.2. The van der Waals surface area contributed by atoms with Gasteiger partial charge in [0.2, 0.25) is 5.89 Å². The van der Waals surface area contributed by atoms with Crippen molar-refractivity contribution in [1.29, 1.82) is 0 Å². The van der Waals surface area contributed by atoms with Gasteiger partial charge in [-0.3, -0.25) is 0 Å². The molecule has 0 aliphatic heterocycles. The van der Waals surface area contributed by atoms with Crippen molar-refractivity contribution < 1.29 is 8.83 Å². The van der Waals surface area contributed by atoms with Crippen molar-refractivity contribution in [1.82, 2.24) is 4.98 Å². The third-order valence-corrected chi connectivity index (χ3v) is 10.9. The average molecular weight is 731 g/mol. The van der Waals surface area contributed by atoms with Crippen LogP contribution < -0.4 is 4.90 Å². The average Bonchev–Trinajstić information content (AvgIpc) is 3.90. The molecular formula is C53H34N2O2. The second-order valence-corrected chi connectivity index (χ2v) is 14.3. The minimum atomic E-state index is 0.571. The third-order valence-electron chi connectivity index (χ3n) is 10.9.